The first kappa shape index (κ1) is 24.5. The molecule has 3 aromatic rings. The molecule has 33 heavy (non-hydrogen) atoms. The minimum atomic E-state index is -5.71. The van der Waals surface area contributed by atoms with Crippen molar-refractivity contribution in [3.05, 3.63) is 99.6 Å². The van der Waals surface area contributed by atoms with E-state index >= 15 is 0 Å². The van der Waals surface area contributed by atoms with Crippen LogP contribution in [0, 0.1) is 23.3 Å². The van der Waals surface area contributed by atoms with E-state index in [1.807, 2.05) is 0 Å². The smallest absolute Gasteiger partial charge is 0.320 e. The Bertz CT molecular complexity index is 1140. The van der Waals surface area contributed by atoms with Crippen molar-refractivity contribution in [2.24, 2.45) is 5.73 Å². The van der Waals surface area contributed by atoms with E-state index in [1.165, 1.54) is 12.1 Å². The van der Waals surface area contributed by atoms with Crippen molar-refractivity contribution < 1.29 is 35.5 Å². The summed E-state index contributed by atoms with van der Waals surface area (Å²) in [4.78, 5) is 12.7. The number of halogens is 8. The molecule has 0 saturated carbocycles. The van der Waals surface area contributed by atoms with Crippen LogP contribution in [0.2, 0.25) is 5.02 Å². The highest BCUT2D eigenvalue weighted by Gasteiger charge is 2.43. The lowest BCUT2D eigenvalue weighted by atomic mass is 9.85. The number of benzene rings is 3. The van der Waals surface area contributed by atoms with Crippen molar-refractivity contribution in [3.8, 4) is 0 Å². The molecule has 3 rings (SSSR count). The van der Waals surface area contributed by atoms with E-state index in [1.54, 1.807) is 47.8 Å². The zero-order chi connectivity index (χ0) is 24.5. The largest absolute Gasteiger partial charge is 0.422 e. The second kappa shape index (κ2) is 9.40. The Morgan fingerprint density at radius 2 is 1.30 bits per heavy atom. The predicted molar refractivity (Wildman–Crippen MR) is 108 cm³/mol. The van der Waals surface area contributed by atoms with E-state index in [0.29, 0.717) is 16.1 Å². The Hall–Kier alpha value is -3.11. The van der Waals surface area contributed by atoms with Crippen molar-refractivity contribution in [2.45, 2.75) is 18.1 Å². The number of hydrogen-bond acceptors (Lipinski definition) is 2. The molecule has 2 atom stereocenters. The Balaban J connectivity index is 2.01. The molecule has 3 nitrogen and oxygen atoms in total. The zero-order valence-corrected chi connectivity index (χ0v) is 17.1. The fourth-order valence-electron chi connectivity index (χ4n) is 3.29. The van der Waals surface area contributed by atoms with Gasteiger partial charge in [0.2, 0.25) is 5.91 Å². The summed E-state index contributed by atoms with van der Waals surface area (Å²) in [5.74, 6) is -12.4. The molecule has 0 saturated heterocycles. The summed E-state index contributed by atoms with van der Waals surface area (Å²) in [6.45, 7) is 0. The minimum Gasteiger partial charge on any atom is -0.320 e. The fourth-order valence-corrected chi connectivity index (χ4v) is 3.41. The van der Waals surface area contributed by atoms with Crippen LogP contribution in [0.3, 0.4) is 0 Å². The molecule has 0 bridgehead atoms. The van der Waals surface area contributed by atoms with E-state index < -0.39 is 58.6 Å². The van der Waals surface area contributed by atoms with Crippen LogP contribution < -0.4 is 11.1 Å². The molecule has 174 valence electrons. The number of carbonyl (C=O) groups is 1. The maximum atomic E-state index is 14.2. The van der Waals surface area contributed by atoms with Gasteiger partial charge in [0.15, 0.2) is 23.3 Å². The van der Waals surface area contributed by atoms with Gasteiger partial charge in [-0.3, -0.25) is 4.79 Å². The lowest BCUT2D eigenvalue weighted by Crippen LogP contribution is -2.41. The number of anilines is 1. The maximum Gasteiger partial charge on any atom is 0.422 e. The van der Waals surface area contributed by atoms with Crippen molar-refractivity contribution in [1.82, 2.24) is 0 Å². The first-order valence-electron chi connectivity index (χ1n) is 9.23. The van der Waals surface area contributed by atoms with Crippen LogP contribution in [-0.4, -0.2) is 11.9 Å². The van der Waals surface area contributed by atoms with Crippen molar-refractivity contribution in [3.63, 3.8) is 0 Å². The van der Waals surface area contributed by atoms with Gasteiger partial charge in [-0.15, -0.1) is 0 Å². The molecular formula is C22H14ClF7N2O. The maximum absolute atomic E-state index is 14.2. The van der Waals surface area contributed by atoms with Crippen LogP contribution in [-0.2, 0) is 11.0 Å². The Morgan fingerprint density at radius 3 is 1.79 bits per heavy atom. The van der Waals surface area contributed by atoms with Crippen LogP contribution in [0.15, 0.2) is 54.6 Å². The van der Waals surface area contributed by atoms with E-state index in [4.69, 9.17) is 17.3 Å². The average molecular weight is 491 g/mol. The van der Waals surface area contributed by atoms with E-state index in [9.17, 15) is 35.5 Å². The summed E-state index contributed by atoms with van der Waals surface area (Å²) in [6.07, 6.45) is -5.71. The van der Waals surface area contributed by atoms with Crippen molar-refractivity contribution in [1.29, 1.82) is 0 Å². The monoisotopic (exact) mass is 490 g/mol. The Morgan fingerprint density at radius 1 is 0.818 bits per heavy atom. The molecule has 0 fully saturated rings. The van der Waals surface area contributed by atoms with E-state index in [-0.39, 0.29) is 0 Å². The summed E-state index contributed by atoms with van der Waals surface area (Å²) in [5, 5.41) is 1.96. The first-order valence-corrected chi connectivity index (χ1v) is 9.61. The average Bonchev–Trinajstić information content (AvgIpc) is 2.76. The normalized spacial score (nSPS) is 13.5. The number of rotatable bonds is 5. The van der Waals surface area contributed by atoms with Crippen molar-refractivity contribution >= 4 is 23.2 Å². The van der Waals surface area contributed by atoms with Crippen LogP contribution in [0.25, 0.3) is 0 Å². The summed E-state index contributed by atoms with van der Waals surface area (Å²) in [6, 6.07) is 12.8. The summed E-state index contributed by atoms with van der Waals surface area (Å²) in [5.41, 5.74) is 2.54. The van der Waals surface area contributed by atoms with Gasteiger partial charge in [-0.1, -0.05) is 54.1 Å². The minimum absolute atomic E-state index is 0.378. The molecule has 0 heterocycles. The van der Waals surface area contributed by atoms with Crippen molar-refractivity contribution in [2.75, 3.05) is 5.32 Å². The third-order valence-corrected chi connectivity index (χ3v) is 5.10. The molecular weight excluding hydrogens is 477 g/mol. The number of alkyl halides is 3. The fraction of sp³-hybridized carbons (Fsp3) is 0.136. The molecule has 1 unspecified atom stereocenters. The Kier molecular flexibility index (Phi) is 6.99. The standard InChI is InChI=1S/C22H14ClF7N2O/c23-12-8-6-11(7-9-12)13(10-4-2-1-3-5-10)19(31)21(33)32-20-17(26)15(24)14(22(28,29)30)16(25)18(20)27/h1-9,13,19H,31H2,(H,32,33)/t13?,19-/m0/s1. The van der Waals surface area contributed by atoms with Crippen LogP contribution in [0.4, 0.5) is 36.4 Å². The Labute approximate surface area is 188 Å². The molecule has 0 aliphatic rings. The van der Waals surface area contributed by atoms with Gasteiger partial charge < -0.3 is 11.1 Å². The summed E-state index contributed by atoms with van der Waals surface area (Å²) < 4.78 is 94.5. The van der Waals surface area contributed by atoms with Crippen LogP contribution in [0.1, 0.15) is 22.6 Å². The molecule has 1 amide bonds. The van der Waals surface area contributed by atoms with Gasteiger partial charge in [0.25, 0.3) is 0 Å². The van der Waals surface area contributed by atoms with Gasteiger partial charge in [0.1, 0.15) is 11.3 Å². The molecule has 0 aliphatic carbocycles. The zero-order valence-electron chi connectivity index (χ0n) is 16.4. The lowest BCUT2D eigenvalue weighted by molar-refractivity contribution is -0.143. The molecule has 3 N–H and O–H groups in total. The highest BCUT2D eigenvalue weighted by Crippen LogP contribution is 2.38. The van der Waals surface area contributed by atoms with Gasteiger partial charge in [-0.2, -0.15) is 13.2 Å². The highest BCUT2D eigenvalue weighted by molar-refractivity contribution is 6.30. The summed E-state index contributed by atoms with van der Waals surface area (Å²) in [7, 11) is 0. The van der Waals surface area contributed by atoms with E-state index in [2.05, 4.69) is 0 Å². The van der Waals surface area contributed by atoms with Crippen LogP contribution >= 0.6 is 11.6 Å². The molecule has 11 heteroatoms. The molecule has 0 aliphatic heterocycles. The first-order chi connectivity index (χ1) is 15.4. The summed E-state index contributed by atoms with van der Waals surface area (Å²) >= 11 is 5.88. The third-order valence-electron chi connectivity index (χ3n) is 4.84. The lowest BCUT2D eigenvalue weighted by Gasteiger charge is -2.25. The van der Waals surface area contributed by atoms with Gasteiger partial charge in [0, 0.05) is 10.9 Å². The second-order valence-electron chi connectivity index (χ2n) is 6.96. The molecule has 0 radical (unpaired) electrons. The molecule has 0 aromatic heterocycles. The van der Waals surface area contributed by atoms with Gasteiger partial charge in [-0.05, 0) is 23.3 Å². The quantitative estimate of drug-likeness (QED) is 0.340. The van der Waals surface area contributed by atoms with Crippen LogP contribution in [0.5, 0.6) is 0 Å². The number of amides is 1. The number of nitrogens with one attached hydrogen (secondary N) is 1. The topological polar surface area (TPSA) is 55.1 Å². The number of nitrogens with two attached hydrogens (primary N) is 1. The molecule has 3 aromatic carbocycles. The molecule has 0 spiro atoms. The van der Waals surface area contributed by atoms with Gasteiger partial charge in [-0.25, -0.2) is 17.6 Å². The highest BCUT2D eigenvalue weighted by atomic mass is 35.5. The SMILES string of the molecule is N[C@H](C(=O)Nc1c(F)c(F)c(C(F)(F)F)c(F)c1F)C(c1ccccc1)c1ccc(Cl)cc1. The predicted octanol–water partition coefficient (Wildman–Crippen LogP) is 6.01. The third kappa shape index (κ3) is 4.96. The van der Waals surface area contributed by atoms with E-state index in [0.717, 1.165) is 0 Å². The van der Waals surface area contributed by atoms with Gasteiger partial charge >= 0.3 is 6.18 Å². The van der Waals surface area contributed by atoms with Gasteiger partial charge in [0.05, 0.1) is 6.04 Å². The number of carbonyl (C=O) groups excluding carboxylic acids is 1. The second-order valence-corrected chi connectivity index (χ2v) is 7.40. The number of hydrogen-bond donors (Lipinski definition) is 2.